The lowest BCUT2D eigenvalue weighted by atomic mass is 10.1. The molecule has 4 rings (SSSR count). The highest BCUT2D eigenvalue weighted by atomic mass is 19.1. The molecule has 1 aromatic heterocycles. The van der Waals surface area contributed by atoms with Crippen molar-refractivity contribution < 1.29 is 9.13 Å². The molecule has 0 saturated carbocycles. The van der Waals surface area contributed by atoms with Gasteiger partial charge >= 0.3 is 0 Å². The summed E-state index contributed by atoms with van der Waals surface area (Å²) in [6.07, 6.45) is 5.17. The van der Waals surface area contributed by atoms with E-state index in [0.29, 0.717) is 12.3 Å². The minimum atomic E-state index is -0.296. The zero-order valence-electron chi connectivity index (χ0n) is 17.1. The summed E-state index contributed by atoms with van der Waals surface area (Å²) < 4.78 is 20.6. The average Bonchev–Trinajstić information content (AvgIpc) is 3.26. The number of nitrogens with zero attached hydrogens (tertiary/aromatic N) is 2. The van der Waals surface area contributed by atoms with Crippen molar-refractivity contribution in [2.45, 2.75) is 39.0 Å². The van der Waals surface area contributed by atoms with Crippen LogP contribution < -0.4 is 10.3 Å². The van der Waals surface area contributed by atoms with Crippen LogP contribution in [0.25, 0.3) is 0 Å². The van der Waals surface area contributed by atoms with Gasteiger partial charge in [-0.15, -0.1) is 0 Å². The predicted octanol–water partition coefficient (Wildman–Crippen LogP) is 4.40. The van der Waals surface area contributed by atoms with E-state index < -0.39 is 0 Å². The summed E-state index contributed by atoms with van der Waals surface area (Å²) in [4.78, 5) is 14.9. The molecule has 1 fully saturated rings. The summed E-state index contributed by atoms with van der Waals surface area (Å²) in [5.74, 6) is 0.197. The summed E-state index contributed by atoms with van der Waals surface area (Å²) in [6.45, 7) is 4.27. The van der Waals surface area contributed by atoms with Gasteiger partial charge in [-0.2, -0.15) is 0 Å². The van der Waals surface area contributed by atoms with Gasteiger partial charge < -0.3 is 9.30 Å². The number of benzene rings is 2. The first-order chi connectivity index (χ1) is 14.7. The number of rotatable bonds is 8. The molecule has 1 aliphatic rings. The minimum absolute atomic E-state index is 0.0996. The van der Waals surface area contributed by atoms with Crippen LogP contribution in [0.15, 0.2) is 71.7 Å². The highest BCUT2D eigenvalue weighted by molar-refractivity contribution is 5.23. The summed E-state index contributed by atoms with van der Waals surface area (Å²) in [6, 6.07) is 18.2. The van der Waals surface area contributed by atoms with E-state index in [1.165, 1.54) is 55.3 Å². The number of hydrogen-bond acceptors (Lipinski definition) is 3. The van der Waals surface area contributed by atoms with Crippen molar-refractivity contribution in [1.29, 1.82) is 0 Å². The van der Waals surface area contributed by atoms with Gasteiger partial charge in [0.25, 0.3) is 5.56 Å². The van der Waals surface area contributed by atoms with Crippen molar-refractivity contribution in [2.75, 3.05) is 13.1 Å². The highest BCUT2D eigenvalue weighted by Gasteiger charge is 2.11. The molecule has 3 aromatic rings. The molecule has 0 amide bonds. The Balaban J connectivity index is 1.29. The fraction of sp³-hybridized carbons (Fsp3) is 0.320. The first-order valence-electron chi connectivity index (χ1n) is 10.5. The Morgan fingerprint density at radius 1 is 0.900 bits per heavy atom. The Hall–Kier alpha value is -2.92. The zero-order chi connectivity index (χ0) is 20.8. The molecule has 156 valence electrons. The van der Waals surface area contributed by atoms with Crippen LogP contribution in [-0.2, 0) is 26.1 Å². The second kappa shape index (κ2) is 9.72. The molecule has 4 nitrogen and oxygen atoms in total. The lowest BCUT2D eigenvalue weighted by Gasteiger charge is -2.14. The smallest absolute Gasteiger partial charge is 0.254 e. The highest BCUT2D eigenvalue weighted by Crippen LogP contribution is 2.14. The minimum Gasteiger partial charge on any atom is -0.489 e. The van der Waals surface area contributed by atoms with Crippen LogP contribution in [0.3, 0.4) is 0 Å². The van der Waals surface area contributed by atoms with Crippen molar-refractivity contribution in [1.82, 2.24) is 9.47 Å². The fourth-order valence-corrected chi connectivity index (χ4v) is 3.82. The molecule has 2 aromatic carbocycles. The number of hydrogen-bond donors (Lipinski definition) is 0. The van der Waals surface area contributed by atoms with E-state index in [4.69, 9.17) is 4.74 Å². The number of likely N-dealkylation sites (tertiary alicyclic amines) is 1. The fourth-order valence-electron chi connectivity index (χ4n) is 3.82. The Labute approximate surface area is 176 Å². The van der Waals surface area contributed by atoms with E-state index in [0.717, 1.165) is 18.5 Å². The summed E-state index contributed by atoms with van der Waals surface area (Å²) >= 11 is 0. The standard InChI is InChI=1S/C25H27FN2O2/c26-23-5-3-4-22(16-23)19-30-24-11-15-28(25(29)17-24)14-10-20-6-8-21(9-7-20)18-27-12-1-2-13-27/h3-9,11,15-17H,1-2,10,12-14,18-19H2. The second-order valence-electron chi connectivity index (χ2n) is 7.86. The van der Waals surface area contributed by atoms with Gasteiger partial charge in [0.1, 0.15) is 18.2 Å². The van der Waals surface area contributed by atoms with Gasteiger partial charge in [0.15, 0.2) is 0 Å². The van der Waals surface area contributed by atoms with E-state index in [9.17, 15) is 9.18 Å². The molecule has 0 bridgehead atoms. The molecular formula is C25H27FN2O2. The molecule has 0 aliphatic carbocycles. The largest absolute Gasteiger partial charge is 0.489 e. The Bertz CT molecular complexity index is 1020. The summed E-state index contributed by atoms with van der Waals surface area (Å²) in [5, 5.41) is 0. The average molecular weight is 407 g/mol. The summed E-state index contributed by atoms with van der Waals surface area (Å²) in [7, 11) is 0. The lowest BCUT2D eigenvalue weighted by molar-refractivity contribution is 0.304. The van der Waals surface area contributed by atoms with E-state index in [1.807, 2.05) is 0 Å². The molecule has 1 saturated heterocycles. The van der Waals surface area contributed by atoms with Gasteiger partial charge in [0.05, 0.1) is 0 Å². The van der Waals surface area contributed by atoms with E-state index in [-0.39, 0.29) is 18.0 Å². The van der Waals surface area contributed by atoms with Crippen LogP contribution in [0.1, 0.15) is 29.5 Å². The lowest BCUT2D eigenvalue weighted by Crippen LogP contribution is -2.20. The van der Waals surface area contributed by atoms with Crippen LogP contribution in [0, 0.1) is 5.82 Å². The number of aromatic nitrogens is 1. The maximum absolute atomic E-state index is 13.2. The van der Waals surface area contributed by atoms with Gasteiger partial charge in [-0.1, -0.05) is 36.4 Å². The van der Waals surface area contributed by atoms with E-state index >= 15 is 0 Å². The van der Waals surface area contributed by atoms with Crippen molar-refractivity contribution in [3.05, 3.63) is 99.7 Å². The molecule has 30 heavy (non-hydrogen) atoms. The number of aryl methyl sites for hydroxylation is 2. The number of pyridine rings is 1. The van der Waals surface area contributed by atoms with Crippen LogP contribution >= 0.6 is 0 Å². The van der Waals surface area contributed by atoms with Crippen molar-refractivity contribution in [2.24, 2.45) is 0 Å². The van der Waals surface area contributed by atoms with Gasteiger partial charge in [0.2, 0.25) is 0 Å². The maximum atomic E-state index is 13.2. The third kappa shape index (κ3) is 5.57. The van der Waals surface area contributed by atoms with E-state index in [2.05, 4.69) is 29.2 Å². The second-order valence-corrected chi connectivity index (χ2v) is 7.86. The predicted molar refractivity (Wildman–Crippen MR) is 116 cm³/mol. The normalized spacial score (nSPS) is 14.2. The Morgan fingerprint density at radius 3 is 2.40 bits per heavy atom. The number of ether oxygens (including phenoxy) is 1. The molecule has 0 spiro atoms. The first-order valence-corrected chi connectivity index (χ1v) is 10.5. The van der Waals surface area contributed by atoms with Gasteiger partial charge in [0, 0.05) is 25.4 Å². The maximum Gasteiger partial charge on any atom is 0.254 e. The third-order valence-corrected chi connectivity index (χ3v) is 5.53. The SMILES string of the molecule is O=c1cc(OCc2cccc(F)c2)ccn1CCc1ccc(CN2CCCC2)cc1. The molecule has 0 N–H and O–H groups in total. The quantitative estimate of drug-likeness (QED) is 0.556. The molecule has 0 atom stereocenters. The molecule has 2 heterocycles. The third-order valence-electron chi connectivity index (χ3n) is 5.53. The topological polar surface area (TPSA) is 34.5 Å². The molecule has 1 aliphatic heterocycles. The van der Waals surface area contributed by atoms with Crippen LogP contribution in [0.5, 0.6) is 5.75 Å². The van der Waals surface area contributed by atoms with Crippen molar-refractivity contribution >= 4 is 0 Å². The van der Waals surface area contributed by atoms with Gasteiger partial charge in [-0.3, -0.25) is 9.69 Å². The van der Waals surface area contributed by atoms with Crippen LogP contribution in [0.2, 0.25) is 0 Å². The number of halogens is 1. The summed E-state index contributed by atoms with van der Waals surface area (Å²) in [5.41, 5.74) is 3.20. The van der Waals surface area contributed by atoms with Crippen LogP contribution in [-0.4, -0.2) is 22.6 Å². The molecule has 5 heteroatoms. The van der Waals surface area contributed by atoms with Gasteiger partial charge in [-0.05, 0) is 67.2 Å². The first kappa shape index (κ1) is 20.4. The Morgan fingerprint density at radius 2 is 1.67 bits per heavy atom. The van der Waals surface area contributed by atoms with Crippen molar-refractivity contribution in [3.63, 3.8) is 0 Å². The monoisotopic (exact) mass is 406 g/mol. The molecule has 0 radical (unpaired) electrons. The van der Waals surface area contributed by atoms with Crippen molar-refractivity contribution in [3.8, 4) is 5.75 Å². The molecule has 0 unspecified atom stereocenters. The Kier molecular flexibility index (Phi) is 6.60. The van der Waals surface area contributed by atoms with E-state index in [1.54, 1.807) is 29.0 Å². The zero-order valence-corrected chi connectivity index (χ0v) is 17.1. The molecular weight excluding hydrogens is 379 g/mol. The van der Waals surface area contributed by atoms with Gasteiger partial charge in [-0.25, -0.2) is 4.39 Å². The van der Waals surface area contributed by atoms with Crippen LogP contribution in [0.4, 0.5) is 4.39 Å².